The van der Waals surface area contributed by atoms with Crippen LogP contribution in [0.2, 0.25) is 0 Å². The number of fused-ring (bicyclic) bond motifs is 2. The molecule has 2 aromatic rings. The van der Waals surface area contributed by atoms with Crippen LogP contribution in [0.15, 0.2) is 58.0 Å². The van der Waals surface area contributed by atoms with Gasteiger partial charge in [-0.25, -0.2) is 0 Å². The van der Waals surface area contributed by atoms with Gasteiger partial charge in [0, 0.05) is 16.7 Å². The number of anilines is 1. The van der Waals surface area contributed by atoms with Crippen LogP contribution >= 0.6 is 15.9 Å². The molecule has 0 saturated heterocycles. The Morgan fingerprint density at radius 2 is 1.96 bits per heavy atom. The Morgan fingerprint density at radius 1 is 1.19 bits per heavy atom. The highest BCUT2D eigenvalue weighted by molar-refractivity contribution is 9.10. The molecular weight excluding hydrogens is 406 g/mol. The van der Waals surface area contributed by atoms with Crippen molar-refractivity contribution in [3.63, 3.8) is 0 Å². The van der Waals surface area contributed by atoms with Crippen molar-refractivity contribution in [2.45, 2.75) is 25.8 Å². The molecule has 6 heteroatoms. The number of carbonyl (C=O) groups is 2. The van der Waals surface area contributed by atoms with Crippen LogP contribution in [-0.4, -0.2) is 24.1 Å². The van der Waals surface area contributed by atoms with Gasteiger partial charge in [-0.15, -0.1) is 0 Å². The molecule has 1 saturated carbocycles. The van der Waals surface area contributed by atoms with Crippen molar-refractivity contribution < 1.29 is 9.59 Å². The van der Waals surface area contributed by atoms with Crippen molar-refractivity contribution >= 4 is 44.8 Å². The molecule has 2 aromatic carbocycles. The van der Waals surface area contributed by atoms with Crippen molar-refractivity contribution in [1.29, 1.82) is 0 Å². The summed E-state index contributed by atoms with van der Waals surface area (Å²) in [6.07, 6.45) is 2.63. The predicted molar refractivity (Wildman–Crippen MR) is 109 cm³/mol. The second kappa shape index (κ2) is 7.64. The van der Waals surface area contributed by atoms with Crippen molar-refractivity contribution in [1.82, 2.24) is 5.32 Å². The molecular formula is C21H20BrN3O2. The van der Waals surface area contributed by atoms with E-state index in [1.54, 1.807) is 4.90 Å². The maximum Gasteiger partial charge on any atom is 0.240 e. The Kier molecular flexibility index (Phi) is 5.07. The highest BCUT2D eigenvalue weighted by Gasteiger charge is 2.36. The zero-order valence-electron chi connectivity index (χ0n) is 14.8. The first-order chi connectivity index (χ1) is 13.1. The molecule has 1 heterocycles. The van der Waals surface area contributed by atoms with Crippen LogP contribution in [0, 0.1) is 5.92 Å². The standard InChI is InChI=1S/C21H20BrN3O2/c22-16-8-2-1-6-14(16)12-23-20(26)13-25-19-11-4-3-9-18(19)24-17-10-5-7-15(17)21(25)27/h1-4,6,8-9,11,15H,5,7,10,12-13H2,(H,23,26)/t15-/m0/s1. The topological polar surface area (TPSA) is 61.8 Å². The molecule has 5 nitrogen and oxygen atoms in total. The third-order valence-electron chi connectivity index (χ3n) is 5.06. The number of carbonyl (C=O) groups excluding carboxylic acids is 2. The van der Waals surface area contributed by atoms with E-state index in [2.05, 4.69) is 21.2 Å². The van der Waals surface area contributed by atoms with Gasteiger partial charge >= 0.3 is 0 Å². The van der Waals surface area contributed by atoms with Gasteiger partial charge in [0.15, 0.2) is 0 Å². The summed E-state index contributed by atoms with van der Waals surface area (Å²) in [6.45, 7) is 0.411. The van der Waals surface area contributed by atoms with Gasteiger partial charge in [0.05, 0.1) is 17.3 Å². The molecule has 4 rings (SSSR count). The van der Waals surface area contributed by atoms with E-state index in [4.69, 9.17) is 4.99 Å². The lowest BCUT2D eigenvalue weighted by Crippen LogP contribution is -2.43. The maximum atomic E-state index is 13.1. The summed E-state index contributed by atoms with van der Waals surface area (Å²) in [5.41, 5.74) is 3.42. The number of nitrogens with one attached hydrogen (secondary N) is 1. The number of hydrogen-bond donors (Lipinski definition) is 1. The number of para-hydroxylation sites is 2. The summed E-state index contributed by atoms with van der Waals surface area (Å²) in [5.74, 6) is -0.406. The average molecular weight is 426 g/mol. The Labute approximate surface area is 166 Å². The van der Waals surface area contributed by atoms with Crippen molar-refractivity contribution in [3.8, 4) is 0 Å². The molecule has 1 N–H and O–H groups in total. The molecule has 1 aliphatic heterocycles. The molecule has 27 heavy (non-hydrogen) atoms. The minimum atomic E-state index is -0.200. The van der Waals surface area contributed by atoms with Gasteiger partial charge in [-0.3, -0.25) is 14.6 Å². The first-order valence-corrected chi connectivity index (χ1v) is 9.91. The number of aliphatic imine (C=N–C) groups is 1. The molecule has 0 bridgehead atoms. The van der Waals surface area contributed by atoms with E-state index in [0.29, 0.717) is 12.2 Å². The summed E-state index contributed by atoms with van der Waals surface area (Å²) in [5, 5.41) is 2.92. The lowest BCUT2D eigenvalue weighted by atomic mass is 10.1. The second-order valence-electron chi connectivity index (χ2n) is 6.83. The van der Waals surface area contributed by atoms with Crippen LogP contribution in [0.5, 0.6) is 0 Å². The molecule has 1 atom stereocenters. The van der Waals surface area contributed by atoms with E-state index in [9.17, 15) is 9.59 Å². The summed E-state index contributed by atoms with van der Waals surface area (Å²) in [7, 11) is 0. The van der Waals surface area contributed by atoms with Gasteiger partial charge in [0.1, 0.15) is 6.54 Å². The minimum absolute atomic E-state index is 0.000398. The first-order valence-electron chi connectivity index (χ1n) is 9.11. The smallest absolute Gasteiger partial charge is 0.240 e. The highest BCUT2D eigenvalue weighted by Crippen LogP contribution is 2.37. The fraction of sp³-hybridized carbons (Fsp3) is 0.286. The second-order valence-corrected chi connectivity index (χ2v) is 7.68. The number of rotatable bonds is 4. The SMILES string of the molecule is O=C(CN1C(=O)[C@H]2CCCC2=Nc2ccccc21)NCc1ccccc1Br. The monoisotopic (exact) mass is 425 g/mol. The van der Waals surface area contributed by atoms with Crippen molar-refractivity contribution in [2.75, 3.05) is 11.4 Å². The summed E-state index contributed by atoms with van der Waals surface area (Å²) in [6, 6.07) is 15.3. The third kappa shape index (κ3) is 3.67. The van der Waals surface area contributed by atoms with E-state index in [1.807, 2.05) is 48.5 Å². The number of halogens is 1. The molecule has 1 aliphatic carbocycles. The fourth-order valence-electron chi connectivity index (χ4n) is 3.67. The quantitative estimate of drug-likeness (QED) is 0.804. The van der Waals surface area contributed by atoms with Gasteiger partial charge < -0.3 is 10.2 Å². The zero-order chi connectivity index (χ0) is 18.8. The first kappa shape index (κ1) is 17.9. The van der Waals surface area contributed by atoms with Crippen LogP contribution in [0.1, 0.15) is 24.8 Å². The number of nitrogens with zero attached hydrogens (tertiary/aromatic N) is 2. The Morgan fingerprint density at radius 3 is 2.81 bits per heavy atom. The van der Waals surface area contributed by atoms with Gasteiger partial charge in [-0.1, -0.05) is 46.3 Å². The van der Waals surface area contributed by atoms with Crippen LogP contribution in [0.4, 0.5) is 11.4 Å². The predicted octanol–water partition coefficient (Wildman–Crippen LogP) is 3.98. The summed E-state index contributed by atoms with van der Waals surface area (Å²) >= 11 is 3.49. The van der Waals surface area contributed by atoms with E-state index >= 15 is 0 Å². The van der Waals surface area contributed by atoms with Gasteiger partial charge in [0.2, 0.25) is 11.8 Å². The van der Waals surface area contributed by atoms with Crippen LogP contribution in [0.25, 0.3) is 0 Å². The number of benzene rings is 2. The lowest BCUT2D eigenvalue weighted by molar-refractivity contribution is -0.124. The maximum absolute atomic E-state index is 13.1. The third-order valence-corrected chi connectivity index (χ3v) is 5.84. The van der Waals surface area contributed by atoms with Crippen molar-refractivity contribution in [3.05, 3.63) is 58.6 Å². The Bertz CT molecular complexity index is 925. The lowest BCUT2D eigenvalue weighted by Gasteiger charge is -2.24. The molecule has 0 spiro atoms. The Balaban J connectivity index is 1.53. The van der Waals surface area contributed by atoms with Gasteiger partial charge in [-0.05, 0) is 43.0 Å². The number of amides is 2. The Hall–Kier alpha value is -2.47. The van der Waals surface area contributed by atoms with E-state index in [0.717, 1.165) is 40.7 Å². The van der Waals surface area contributed by atoms with Crippen LogP contribution in [-0.2, 0) is 16.1 Å². The summed E-state index contributed by atoms with van der Waals surface area (Å²) in [4.78, 5) is 32.0. The molecule has 0 radical (unpaired) electrons. The zero-order valence-corrected chi connectivity index (χ0v) is 16.4. The summed E-state index contributed by atoms with van der Waals surface area (Å²) < 4.78 is 0.950. The molecule has 2 aliphatic rings. The van der Waals surface area contributed by atoms with E-state index < -0.39 is 0 Å². The molecule has 138 valence electrons. The molecule has 2 amide bonds. The largest absolute Gasteiger partial charge is 0.350 e. The number of hydrogen-bond acceptors (Lipinski definition) is 3. The average Bonchev–Trinajstić information content (AvgIpc) is 3.10. The van der Waals surface area contributed by atoms with Gasteiger partial charge in [0.25, 0.3) is 0 Å². The molecule has 1 fully saturated rings. The molecule has 0 aromatic heterocycles. The van der Waals surface area contributed by atoms with E-state index in [-0.39, 0.29) is 24.3 Å². The fourth-order valence-corrected chi connectivity index (χ4v) is 4.10. The van der Waals surface area contributed by atoms with Crippen molar-refractivity contribution in [2.24, 2.45) is 10.9 Å². The normalized spacial score (nSPS) is 18.4. The highest BCUT2D eigenvalue weighted by atomic mass is 79.9. The van der Waals surface area contributed by atoms with Crippen LogP contribution < -0.4 is 10.2 Å². The molecule has 0 unspecified atom stereocenters. The van der Waals surface area contributed by atoms with Gasteiger partial charge in [-0.2, -0.15) is 0 Å². The minimum Gasteiger partial charge on any atom is -0.350 e. The van der Waals surface area contributed by atoms with E-state index in [1.165, 1.54) is 0 Å². The van der Waals surface area contributed by atoms with Crippen LogP contribution in [0.3, 0.4) is 0 Å².